The monoisotopic (exact) mass is 418 g/mol. The maximum Gasteiger partial charge on any atom is 0.251 e. The number of anilines is 1. The molecule has 1 N–H and O–H groups in total. The lowest BCUT2D eigenvalue weighted by Gasteiger charge is -2.28. The van der Waals surface area contributed by atoms with Crippen LogP contribution in [0.3, 0.4) is 0 Å². The number of amides is 1. The fourth-order valence-electron chi connectivity index (χ4n) is 3.08. The lowest BCUT2D eigenvalue weighted by molar-refractivity contribution is 0.0954. The lowest BCUT2D eigenvalue weighted by atomic mass is 10.2. The van der Waals surface area contributed by atoms with E-state index in [4.69, 9.17) is 0 Å². The van der Waals surface area contributed by atoms with Crippen LogP contribution in [0.1, 0.15) is 35.2 Å². The predicted molar refractivity (Wildman–Crippen MR) is 116 cm³/mol. The fourth-order valence-corrected chi connectivity index (χ4v) is 5.57. The highest BCUT2D eigenvalue weighted by atomic mass is 32.2. The Kier molecular flexibility index (Phi) is 7.02. The first-order chi connectivity index (χ1) is 13.5. The molecule has 1 heterocycles. The Morgan fingerprint density at radius 3 is 2.68 bits per heavy atom. The molecular weight excluding hydrogens is 392 g/mol. The number of carbonyl (C=O) groups is 1. The summed E-state index contributed by atoms with van der Waals surface area (Å²) >= 11 is 1.77. The van der Waals surface area contributed by atoms with Crippen molar-refractivity contribution in [2.45, 2.75) is 31.1 Å². The van der Waals surface area contributed by atoms with Crippen molar-refractivity contribution in [1.82, 2.24) is 5.32 Å². The molecule has 2 aromatic rings. The summed E-state index contributed by atoms with van der Waals surface area (Å²) in [4.78, 5) is 13.7. The zero-order chi connectivity index (χ0) is 20.0. The molecule has 1 aliphatic heterocycles. The second-order valence-corrected chi connectivity index (χ2v) is 10.1. The highest BCUT2D eigenvalue weighted by Gasteiger charge is 2.26. The summed E-state index contributed by atoms with van der Waals surface area (Å²) < 4.78 is 26.0. The number of rotatable bonds is 7. The summed E-state index contributed by atoms with van der Waals surface area (Å²) in [5.74, 6) is 0.925. The van der Waals surface area contributed by atoms with Crippen molar-refractivity contribution >= 4 is 33.4 Å². The van der Waals surface area contributed by atoms with Gasteiger partial charge in [-0.1, -0.05) is 23.8 Å². The van der Waals surface area contributed by atoms with Gasteiger partial charge in [-0.3, -0.25) is 9.10 Å². The van der Waals surface area contributed by atoms with Gasteiger partial charge in [0.15, 0.2) is 0 Å². The quantitative estimate of drug-likeness (QED) is 0.548. The van der Waals surface area contributed by atoms with Gasteiger partial charge >= 0.3 is 0 Å². The molecule has 0 aliphatic carbocycles. The summed E-state index contributed by atoms with van der Waals surface area (Å²) in [6, 6.07) is 15.3. The van der Waals surface area contributed by atoms with E-state index in [0.717, 1.165) is 18.6 Å². The molecule has 0 aromatic heterocycles. The van der Waals surface area contributed by atoms with E-state index in [9.17, 15) is 13.2 Å². The number of sulfonamides is 1. The Hall–Kier alpha value is -1.99. The number of nitrogens with zero attached hydrogens (tertiary/aromatic N) is 1. The molecule has 1 aliphatic rings. The Labute approximate surface area is 171 Å². The predicted octanol–water partition coefficient (Wildman–Crippen LogP) is 3.84. The number of carbonyl (C=O) groups excluding carboxylic acids is 1. The maximum atomic E-state index is 12.4. The van der Waals surface area contributed by atoms with E-state index >= 15 is 0 Å². The standard InChI is InChI=1S/C21H26N2O3S2/c1-17-8-10-20(11-9-17)27-14-5-12-22-21(24)18-6-4-7-19(16-18)23-13-2-3-15-28(23,25)26/h4,6-11,16H,2-3,5,12-15H2,1H3,(H,22,24). The van der Waals surface area contributed by atoms with Gasteiger partial charge < -0.3 is 5.32 Å². The molecule has 0 spiro atoms. The minimum Gasteiger partial charge on any atom is -0.352 e. The fraction of sp³-hybridized carbons (Fsp3) is 0.381. The van der Waals surface area contributed by atoms with E-state index in [1.807, 2.05) is 0 Å². The molecule has 0 atom stereocenters. The number of thioether (sulfide) groups is 1. The van der Waals surface area contributed by atoms with Crippen molar-refractivity contribution in [2.24, 2.45) is 0 Å². The van der Waals surface area contributed by atoms with Crippen LogP contribution in [0.2, 0.25) is 0 Å². The first-order valence-electron chi connectivity index (χ1n) is 9.54. The molecule has 1 fully saturated rings. The van der Waals surface area contributed by atoms with Crippen LogP contribution < -0.4 is 9.62 Å². The van der Waals surface area contributed by atoms with Gasteiger partial charge in [-0.2, -0.15) is 0 Å². The molecule has 1 amide bonds. The SMILES string of the molecule is Cc1ccc(SCCCNC(=O)c2cccc(N3CCCCS3(=O)=O)c2)cc1. The Morgan fingerprint density at radius 2 is 1.93 bits per heavy atom. The summed E-state index contributed by atoms with van der Waals surface area (Å²) in [6.45, 7) is 3.13. The van der Waals surface area contributed by atoms with Crippen LogP contribution in [0.25, 0.3) is 0 Å². The smallest absolute Gasteiger partial charge is 0.251 e. The highest BCUT2D eigenvalue weighted by Crippen LogP contribution is 2.24. The van der Waals surface area contributed by atoms with Crippen molar-refractivity contribution in [3.8, 4) is 0 Å². The summed E-state index contributed by atoms with van der Waals surface area (Å²) in [6.07, 6.45) is 2.40. The largest absolute Gasteiger partial charge is 0.352 e. The van der Waals surface area contributed by atoms with Crippen molar-refractivity contribution in [3.63, 3.8) is 0 Å². The normalized spacial score (nSPS) is 16.0. The third kappa shape index (κ3) is 5.52. The van der Waals surface area contributed by atoms with Crippen LogP contribution in [0, 0.1) is 6.92 Å². The topological polar surface area (TPSA) is 66.5 Å². The third-order valence-corrected chi connectivity index (χ3v) is 7.61. The molecule has 3 rings (SSSR count). The molecule has 7 heteroatoms. The average molecular weight is 419 g/mol. The second-order valence-electron chi connectivity index (χ2n) is 6.92. The van der Waals surface area contributed by atoms with E-state index in [0.29, 0.717) is 30.8 Å². The van der Waals surface area contributed by atoms with Crippen LogP contribution >= 0.6 is 11.8 Å². The van der Waals surface area contributed by atoms with E-state index in [-0.39, 0.29) is 11.7 Å². The van der Waals surface area contributed by atoms with Gasteiger partial charge in [0.05, 0.1) is 11.4 Å². The van der Waals surface area contributed by atoms with Gasteiger partial charge in [0.1, 0.15) is 0 Å². The van der Waals surface area contributed by atoms with Gasteiger partial charge in [0.2, 0.25) is 10.0 Å². The number of hydrogen-bond acceptors (Lipinski definition) is 4. The average Bonchev–Trinajstić information content (AvgIpc) is 2.69. The number of benzene rings is 2. The lowest BCUT2D eigenvalue weighted by Crippen LogP contribution is -2.38. The molecule has 0 saturated carbocycles. The highest BCUT2D eigenvalue weighted by molar-refractivity contribution is 7.99. The van der Waals surface area contributed by atoms with Gasteiger partial charge in [-0.15, -0.1) is 11.8 Å². The summed E-state index contributed by atoms with van der Waals surface area (Å²) in [5.41, 5.74) is 2.31. The molecule has 2 aromatic carbocycles. The van der Waals surface area contributed by atoms with Crippen LogP contribution in [0.4, 0.5) is 5.69 Å². The minimum absolute atomic E-state index is 0.169. The van der Waals surface area contributed by atoms with Gasteiger partial charge in [-0.05, 0) is 62.3 Å². The summed E-state index contributed by atoms with van der Waals surface area (Å²) in [7, 11) is -3.27. The molecule has 28 heavy (non-hydrogen) atoms. The minimum atomic E-state index is -3.27. The van der Waals surface area contributed by atoms with Gasteiger partial charge in [-0.25, -0.2) is 8.42 Å². The van der Waals surface area contributed by atoms with Gasteiger partial charge in [0, 0.05) is 23.5 Å². The van der Waals surface area contributed by atoms with Crippen molar-refractivity contribution in [1.29, 1.82) is 0 Å². The zero-order valence-electron chi connectivity index (χ0n) is 16.1. The molecule has 1 saturated heterocycles. The maximum absolute atomic E-state index is 12.4. The van der Waals surface area contributed by atoms with Crippen LogP contribution in [-0.4, -0.2) is 38.9 Å². The first-order valence-corrected chi connectivity index (χ1v) is 12.1. The third-order valence-electron chi connectivity index (χ3n) is 4.64. The van der Waals surface area contributed by atoms with Crippen LogP contribution in [-0.2, 0) is 10.0 Å². The number of nitrogens with one attached hydrogen (secondary N) is 1. The second kappa shape index (κ2) is 9.47. The van der Waals surface area contributed by atoms with E-state index < -0.39 is 10.0 Å². The Morgan fingerprint density at radius 1 is 1.14 bits per heavy atom. The molecule has 150 valence electrons. The molecule has 0 unspecified atom stereocenters. The number of aryl methyl sites for hydroxylation is 1. The van der Waals surface area contributed by atoms with Crippen molar-refractivity contribution in [3.05, 3.63) is 59.7 Å². The van der Waals surface area contributed by atoms with Gasteiger partial charge in [0.25, 0.3) is 5.91 Å². The molecule has 5 nitrogen and oxygen atoms in total. The van der Waals surface area contributed by atoms with Crippen LogP contribution in [0.15, 0.2) is 53.4 Å². The first kappa shape index (κ1) is 20.7. The van der Waals surface area contributed by atoms with Crippen molar-refractivity contribution < 1.29 is 13.2 Å². The number of hydrogen-bond donors (Lipinski definition) is 1. The molecule has 0 bridgehead atoms. The summed E-state index contributed by atoms with van der Waals surface area (Å²) in [5, 5.41) is 2.92. The van der Waals surface area contributed by atoms with Crippen LogP contribution in [0.5, 0.6) is 0 Å². The van der Waals surface area contributed by atoms with Crippen molar-refractivity contribution in [2.75, 3.05) is 28.9 Å². The van der Waals surface area contributed by atoms with E-state index in [1.165, 1.54) is 14.8 Å². The Balaban J connectivity index is 1.50. The molecular formula is C21H26N2O3S2. The van der Waals surface area contributed by atoms with E-state index in [1.54, 1.807) is 36.0 Å². The molecule has 0 radical (unpaired) electrons. The zero-order valence-corrected chi connectivity index (χ0v) is 17.7. The Bertz CT molecular complexity index is 912. The van der Waals surface area contributed by atoms with E-state index in [2.05, 4.69) is 36.5 Å².